The summed E-state index contributed by atoms with van der Waals surface area (Å²) in [5.74, 6) is -1.45. The second kappa shape index (κ2) is 6.80. The number of halogens is 3. The third kappa shape index (κ3) is 3.67. The maximum absolute atomic E-state index is 13.6. The first-order valence-electron chi connectivity index (χ1n) is 6.41. The molecule has 2 aromatic rings. The number of Topliss-reactive ketones (excluding diaryl/α,β-unsaturated/α-hetero) is 1. The van der Waals surface area contributed by atoms with Crippen molar-refractivity contribution in [3.63, 3.8) is 0 Å². The highest BCUT2D eigenvalue weighted by Gasteiger charge is 2.18. The predicted octanol–water partition coefficient (Wildman–Crippen LogP) is 4.55. The minimum absolute atomic E-state index is 0.232. The van der Waals surface area contributed by atoms with Gasteiger partial charge in [0.1, 0.15) is 17.4 Å². The fraction of sp³-hybridized carbons (Fsp3) is 0.188. The zero-order valence-corrected chi connectivity index (χ0v) is 12.9. The lowest BCUT2D eigenvalue weighted by molar-refractivity contribution is 0.0987. The molecule has 0 saturated heterocycles. The zero-order chi connectivity index (χ0) is 15.4. The average Bonchev–Trinajstić information content (AvgIpc) is 2.45. The summed E-state index contributed by atoms with van der Waals surface area (Å²) in [5.41, 5.74) is 0.0683. The first kappa shape index (κ1) is 15.6. The van der Waals surface area contributed by atoms with E-state index in [9.17, 15) is 13.6 Å². The van der Waals surface area contributed by atoms with Crippen LogP contribution in [0.4, 0.5) is 8.78 Å². The van der Waals surface area contributed by atoms with E-state index < -0.39 is 17.4 Å². The second-order valence-corrected chi connectivity index (χ2v) is 5.29. The Kier molecular flexibility index (Phi) is 5.07. The van der Waals surface area contributed by atoms with Gasteiger partial charge in [-0.3, -0.25) is 4.79 Å². The van der Waals surface area contributed by atoms with E-state index in [1.807, 2.05) is 0 Å². The molecule has 110 valence electrons. The van der Waals surface area contributed by atoms with Crippen molar-refractivity contribution in [3.8, 4) is 5.75 Å². The van der Waals surface area contributed by atoms with Crippen LogP contribution < -0.4 is 4.74 Å². The fourth-order valence-electron chi connectivity index (χ4n) is 1.96. The summed E-state index contributed by atoms with van der Waals surface area (Å²) in [6.07, 6.45) is -0.352. The largest absolute Gasteiger partial charge is 0.493 e. The third-order valence-electron chi connectivity index (χ3n) is 2.94. The van der Waals surface area contributed by atoms with Gasteiger partial charge < -0.3 is 4.74 Å². The van der Waals surface area contributed by atoms with Crippen LogP contribution in [0.3, 0.4) is 0 Å². The number of rotatable bonds is 5. The Morgan fingerprint density at radius 3 is 2.48 bits per heavy atom. The molecule has 0 spiro atoms. The van der Waals surface area contributed by atoms with Crippen molar-refractivity contribution in [2.75, 3.05) is 6.61 Å². The standard InChI is InChI=1S/C16H13BrF2O2/c1-2-21-16-7-6-10(17)8-12(16)15(20)9-11-13(18)4-3-5-14(11)19/h3-8H,2,9H2,1H3. The SMILES string of the molecule is CCOc1ccc(Br)cc1C(=O)Cc1c(F)cccc1F. The van der Waals surface area contributed by atoms with Gasteiger partial charge in [-0.2, -0.15) is 0 Å². The molecule has 0 aliphatic heterocycles. The topological polar surface area (TPSA) is 26.3 Å². The van der Waals surface area contributed by atoms with Crippen molar-refractivity contribution in [2.45, 2.75) is 13.3 Å². The Morgan fingerprint density at radius 2 is 1.86 bits per heavy atom. The molecule has 0 heterocycles. The van der Waals surface area contributed by atoms with E-state index in [-0.39, 0.29) is 12.0 Å². The summed E-state index contributed by atoms with van der Waals surface area (Å²) in [6, 6.07) is 8.52. The smallest absolute Gasteiger partial charge is 0.171 e. The number of carbonyl (C=O) groups is 1. The van der Waals surface area contributed by atoms with Crippen molar-refractivity contribution in [3.05, 3.63) is 63.6 Å². The molecule has 0 atom stereocenters. The van der Waals surface area contributed by atoms with Gasteiger partial charge in [0.25, 0.3) is 0 Å². The van der Waals surface area contributed by atoms with Crippen LogP contribution in [0.5, 0.6) is 5.75 Å². The van der Waals surface area contributed by atoms with Crippen molar-refractivity contribution in [1.29, 1.82) is 0 Å². The maximum Gasteiger partial charge on any atom is 0.171 e. The van der Waals surface area contributed by atoms with Gasteiger partial charge in [0, 0.05) is 16.5 Å². The molecular formula is C16H13BrF2O2. The summed E-state index contributed by atoms with van der Waals surface area (Å²) in [7, 11) is 0. The van der Waals surface area contributed by atoms with Gasteiger partial charge in [-0.15, -0.1) is 0 Å². The second-order valence-electron chi connectivity index (χ2n) is 4.37. The Bertz CT molecular complexity index is 651. The number of carbonyl (C=O) groups excluding carboxylic acids is 1. The molecule has 0 bridgehead atoms. The summed E-state index contributed by atoms with van der Waals surface area (Å²) < 4.78 is 33.3. The van der Waals surface area contributed by atoms with E-state index in [2.05, 4.69) is 15.9 Å². The van der Waals surface area contributed by atoms with Crippen LogP contribution in [-0.4, -0.2) is 12.4 Å². The molecule has 0 radical (unpaired) electrons. The van der Waals surface area contributed by atoms with Gasteiger partial charge >= 0.3 is 0 Å². The van der Waals surface area contributed by atoms with Crippen molar-refractivity contribution in [1.82, 2.24) is 0 Å². The molecule has 0 aromatic heterocycles. The highest BCUT2D eigenvalue weighted by molar-refractivity contribution is 9.10. The van der Waals surface area contributed by atoms with Gasteiger partial charge in [-0.25, -0.2) is 8.78 Å². The third-order valence-corrected chi connectivity index (χ3v) is 3.43. The van der Waals surface area contributed by atoms with E-state index in [1.54, 1.807) is 25.1 Å². The summed E-state index contributed by atoms with van der Waals surface area (Å²) >= 11 is 3.27. The summed E-state index contributed by atoms with van der Waals surface area (Å²) in [6.45, 7) is 2.20. The van der Waals surface area contributed by atoms with Crippen LogP contribution in [0, 0.1) is 11.6 Å². The van der Waals surface area contributed by atoms with E-state index in [1.165, 1.54) is 6.07 Å². The van der Waals surface area contributed by atoms with E-state index in [0.29, 0.717) is 22.4 Å². The van der Waals surface area contributed by atoms with Gasteiger partial charge in [0.05, 0.1) is 12.2 Å². The minimum atomic E-state index is -0.726. The van der Waals surface area contributed by atoms with Gasteiger partial charge in [-0.05, 0) is 37.3 Å². The van der Waals surface area contributed by atoms with Crippen LogP contribution in [0.25, 0.3) is 0 Å². The number of ketones is 1. The Balaban J connectivity index is 2.34. The normalized spacial score (nSPS) is 10.5. The number of hydrogen-bond acceptors (Lipinski definition) is 2. The van der Waals surface area contributed by atoms with E-state index in [4.69, 9.17) is 4.74 Å². The van der Waals surface area contributed by atoms with Crippen LogP contribution in [0.2, 0.25) is 0 Å². The molecular weight excluding hydrogens is 342 g/mol. The van der Waals surface area contributed by atoms with Gasteiger partial charge in [0.15, 0.2) is 5.78 Å². The number of hydrogen-bond donors (Lipinski definition) is 0. The molecule has 5 heteroatoms. The maximum atomic E-state index is 13.6. The van der Waals surface area contributed by atoms with Crippen LogP contribution in [0.1, 0.15) is 22.8 Å². The Hall–Kier alpha value is -1.75. The lowest BCUT2D eigenvalue weighted by Gasteiger charge is -2.10. The molecule has 2 rings (SSSR count). The zero-order valence-electron chi connectivity index (χ0n) is 11.3. The average molecular weight is 355 g/mol. The lowest BCUT2D eigenvalue weighted by atomic mass is 10.0. The molecule has 21 heavy (non-hydrogen) atoms. The molecule has 0 N–H and O–H groups in total. The van der Waals surface area contributed by atoms with Gasteiger partial charge in [-0.1, -0.05) is 22.0 Å². The molecule has 0 amide bonds. The van der Waals surface area contributed by atoms with Crippen molar-refractivity contribution < 1.29 is 18.3 Å². The monoisotopic (exact) mass is 354 g/mol. The van der Waals surface area contributed by atoms with Crippen molar-refractivity contribution in [2.24, 2.45) is 0 Å². The highest BCUT2D eigenvalue weighted by Crippen LogP contribution is 2.25. The summed E-state index contributed by atoms with van der Waals surface area (Å²) in [4.78, 5) is 12.3. The van der Waals surface area contributed by atoms with Crippen LogP contribution >= 0.6 is 15.9 Å². The molecule has 0 fully saturated rings. The molecule has 0 saturated carbocycles. The minimum Gasteiger partial charge on any atom is -0.493 e. The molecule has 2 aromatic carbocycles. The Labute approximate surface area is 129 Å². The number of benzene rings is 2. The lowest BCUT2D eigenvalue weighted by Crippen LogP contribution is -2.09. The van der Waals surface area contributed by atoms with E-state index >= 15 is 0 Å². The van der Waals surface area contributed by atoms with Crippen molar-refractivity contribution >= 4 is 21.7 Å². The molecule has 0 aliphatic rings. The van der Waals surface area contributed by atoms with Crippen LogP contribution in [0.15, 0.2) is 40.9 Å². The molecule has 0 unspecified atom stereocenters. The Morgan fingerprint density at radius 1 is 1.19 bits per heavy atom. The first-order chi connectivity index (χ1) is 10.0. The molecule has 2 nitrogen and oxygen atoms in total. The van der Waals surface area contributed by atoms with Crippen LogP contribution in [-0.2, 0) is 6.42 Å². The first-order valence-corrected chi connectivity index (χ1v) is 7.20. The van der Waals surface area contributed by atoms with Gasteiger partial charge in [0.2, 0.25) is 0 Å². The van der Waals surface area contributed by atoms with E-state index in [0.717, 1.165) is 12.1 Å². The quantitative estimate of drug-likeness (QED) is 0.736. The fourth-order valence-corrected chi connectivity index (χ4v) is 2.32. The highest BCUT2D eigenvalue weighted by atomic mass is 79.9. The molecule has 0 aliphatic carbocycles. The number of ether oxygens (including phenoxy) is 1. The summed E-state index contributed by atoms with van der Waals surface area (Å²) in [5, 5.41) is 0. The predicted molar refractivity (Wildman–Crippen MR) is 79.7 cm³/mol.